The molecule has 5 N–H and O–H groups in total. The third kappa shape index (κ3) is 3.58. The topological polar surface area (TPSA) is 141 Å². The van der Waals surface area contributed by atoms with Crippen LogP contribution in [0.1, 0.15) is 41.1 Å². The fourth-order valence-corrected chi connectivity index (χ4v) is 5.29. The van der Waals surface area contributed by atoms with Crippen molar-refractivity contribution in [2.24, 2.45) is 11.7 Å². The van der Waals surface area contributed by atoms with Crippen LogP contribution in [0.2, 0.25) is 0 Å². The standard InChI is InChI=1S/C20H23N5O4S/c1-9-3-4-11-13(7-9)30-19(16(11)17(22)27)24-15(26)8-25-18-12(5-6-14(21)23-18)29-10(2)20(25)28/h5-6,9-10H,3-4,7-8H2,1-2H3,(H2,21,23)(H2,22,27)(H,24,26). The van der Waals surface area contributed by atoms with Gasteiger partial charge in [0.2, 0.25) is 5.91 Å². The van der Waals surface area contributed by atoms with Crippen LogP contribution < -0.4 is 26.4 Å². The summed E-state index contributed by atoms with van der Waals surface area (Å²) >= 11 is 1.38. The Kier molecular flexibility index (Phi) is 5.10. The molecule has 3 heterocycles. The van der Waals surface area contributed by atoms with E-state index < -0.39 is 23.8 Å². The maximum atomic E-state index is 12.8. The summed E-state index contributed by atoms with van der Waals surface area (Å²) in [6.45, 7) is 3.48. The molecule has 0 bridgehead atoms. The van der Waals surface area contributed by atoms with Crippen LogP contribution >= 0.6 is 11.3 Å². The zero-order chi connectivity index (χ0) is 21.6. The van der Waals surface area contributed by atoms with Gasteiger partial charge in [-0.25, -0.2) is 4.98 Å². The van der Waals surface area contributed by atoms with Crippen molar-refractivity contribution in [3.05, 3.63) is 28.1 Å². The Bertz CT molecular complexity index is 1050. The summed E-state index contributed by atoms with van der Waals surface area (Å²) in [5.74, 6) is -0.118. The number of carbonyl (C=O) groups excluding carboxylic acids is 3. The minimum atomic E-state index is -0.757. The number of pyridine rings is 1. The lowest BCUT2D eigenvalue weighted by molar-refractivity contribution is -0.127. The fraction of sp³-hybridized carbons (Fsp3) is 0.400. The van der Waals surface area contributed by atoms with E-state index in [0.717, 1.165) is 29.7 Å². The molecule has 0 aromatic carbocycles. The largest absolute Gasteiger partial charge is 0.477 e. The van der Waals surface area contributed by atoms with Gasteiger partial charge in [-0.05, 0) is 49.8 Å². The first-order chi connectivity index (χ1) is 14.2. The molecular formula is C20H23N5O4S. The zero-order valence-electron chi connectivity index (χ0n) is 16.7. The average Bonchev–Trinajstić information content (AvgIpc) is 3.02. The number of nitrogens with zero attached hydrogens (tertiary/aromatic N) is 2. The van der Waals surface area contributed by atoms with E-state index in [1.807, 2.05) is 0 Å². The van der Waals surface area contributed by atoms with Gasteiger partial charge in [0.15, 0.2) is 17.7 Å². The van der Waals surface area contributed by atoms with Gasteiger partial charge in [0.25, 0.3) is 11.8 Å². The molecule has 4 rings (SSSR count). The summed E-state index contributed by atoms with van der Waals surface area (Å²) in [7, 11) is 0. The highest BCUT2D eigenvalue weighted by molar-refractivity contribution is 7.17. The molecule has 158 valence electrons. The Labute approximate surface area is 177 Å². The van der Waals surface area contributed by atoms with Gasteiger partial charge in [0.05, 0.1) is 5.56 Å². The highest BCUT2D eigenvalue weighted by atomic mass is 32.1. The third-order valence-corrected chi connectivity index (χ3v) is 6.52. The Morgan fingerprint density at radius 2 is 2.13 bits per heavy atom. The highest BCUT2D eigenvalue weighted by Crippen LogP contribution is 2.39. The molecule has 2 aromatic rings. The van der Waals surface area contributed by atoms with E-state index in [4.69, 9.17) is 16.2 Å². The smallest absolute Gasteiger partial charge is 0.269 e. The first-order valence-electron chi connectivity index (χ1n) is 9.73. The number of thiophene rings is 1. The van der Waals surface area contributed by atoms with Crippen molar-refractivity contribution >= 4 is 45.7 Å². The Balaban J connectivity index is 1.60. The van der Waals surface area contributed by atoms with Crippen molar-refractivity contribution in [3.8, 4) is 5.75 Å². The fourth-order valence-electron chi connectivity index (χ4n) is 3.86. The Morgan fingerprint density at radius 3 is 2.87 bits per heavy atom. The van der Waals surface area contributed by atoms with E-state index in [1.54, 1.807) is 19.1 Å². The Morgan fingerprint density at radius 1 is 1.37 bits per heavy atom. The molecule has 10 heteroatoms. The summed E-state index contributed by atoms with van der Waals surface area (Å²) < 4.78 is 5.54. The summed E-state index contributed by atoms with van der Waals surface area (Å²) in [6, 6.07) is 3.18. The number of rotatable bonds is 4. The average molecular weight is 430 g/mol. The van der Waals surface area contributed by atoms with Crippen molar-refractivity contribution < 1.29 is 19.1 Å². The molecule has 2 unspecified atom stereocenters. The first kappa shape index (κ1) is 20.1. The van der Waals surface area contributed by atoms with Crippen LogP contribution in [0.4, 0.5) is 16.6 Å². The van der Waals surface area contributed by atoms with Crippen LogP contribution in [0, 0.1) is 5.92 Å². The molecular weight excluding hydrogens is 406 g/mol. The molecule has 2 aliphatic rings. The van der Waals surface area contributed by atoms with E-state index in [-0.39, 0.29) is 18.2 Å². The van der Waals surface area contributed by atoms with Gasteiger partial charge in [0.1, 0.15) is 17.4 Å². The van der Waals surface area contributed by atoms with Crippen molar-refractivity contribution in [1.29, 1.82) is 0 Å². The van der Waals surface area contributed by atoms with E-state index >= 15 is 0 Å². The van der Waals surface area contributed by atoms with Gasteiger partial charge in [-0.15, -0.1) is 11.3 Å². The van der Waals surface area contributed by atoms with Crippen molar-refractivity contribution in [1.82, 2.24) is 4.98 Å². The second kappa shape index (κ2) is 7.60. The highest BCUT2D eigenvalue weighted by Gasteiger charge is 2.35. The number of anilines is 3. The van der Waals surface area contributed by atoms with Crippen LogP contribution in [0.3, 0.4) is 0 Å². The molecule has 2 aromatic heterocycles. The van der Waals surface area contributed by atoms with E-state index in [9.17, 15) is 14.4 Å². The predicted octanol–water partition coefficient (Wildman–Crippen LogP) is 1.70. The number of nitrogens with one attached hydrogen (secondary N) is 1. The molecule has 0 radical (unpaired) electrons. The molecule has 1 aliphatic carbocycles. The van der Waals surface area contributed by atoms with E-state index in [1.165, 1.54) is 16.2 Å². The van der Waals surface area contributed by atoms with Gasteiger partial charge in [-0.2, -0.15) is 0 Å². The van der Waals surface area contributed by atoms with E-state index in [2.05, 4.69) is 17.2 Å². The van der Waals surface area contributed by atoms with Gasteiger partial charge in [-0.1, -0.05) is 6.92 Å². The molecule has 30 heavy (non-hydrogen) atoms. The minimum absolute atomic E-state index is 0.197. The van der Waals surface area contributed by atoms with Crippen LogP contribution in [-0.4, -0.2) is 35.4 Å². The van der Waals surface area contributed by atoms with Crippen molar-refractivity contribution in [3.63, 3.8) is 0 Å². The van der Waals surface area contributed by atoms with Crippen molar-refractivity contribution in [2.75, 3.05) is 22.5 Å². The maximum absolute atomic E-state index is 12.8. The summed E-state index contributed by atoms with van der Waals surface area (Å²) in [6.07, 6.45) is 1.83. The van der Waals surface area contributed by atoms with Crippen LogP contribution in [-0.2, 0) is 22.4 Å². The first-order valence-corrected chi connectivity index (χ1v) is 10.5. The normalized spacial score (nSPS) is 20.2. The number of fused-ring (bicyclic) bond motifs is 2. The zero-order valence-corrected chi connectivity index (χ0v) is 17.5. The number of nitrogen functional groups attached to an aromatic ring is 1. The predicted molar refractivity (Wildman–Crippen MR) is 114 cm³/mol. The molecule has 0 saturated carbocycles. The van der Waals surface area contributed by atoms with E-state index in [0.29, 0.717) is 22.2 Å². The molecule has 0 fully saturated rings. The van der Waals surface area contributed by atoms with Gasteiger partial charge >= 0.3 is 0 Å². The number of hydrogen-bond donors (Lipinski definition) is 3. The summed E-state index contributed by atoms with van der Waals surface area (Å²) in [4.78, 5) is 44.0. The number of nitrogens with two attached hydrogens (primary N) is 2. The van der Waals surface area contributed by atoms with Gasteiger partial charge in [0, 0.05) is 4.88 Å². The summed E-state index contributed by atoms with van der Waals surface area (Å²) in [5, 5.41) is 3.21. The second-order valence-corrected chi connectivity index (χ2v) is 8.82. The second-order valence-electron chi connectivity index (χ2n) is 7.71. The summed E-state index contributed by atoms with van der Waals surface area (Å²) in [5.41, 5.74) is 12.7. The van der Waals surface area contributed by atoms with Crippen LogP contribution in [0.5, 0.6) is 5.75 Å². The van der Waals surface area contributed by atoms with Crippen molar-refractivity contribution in [2.45, 2.75) is 39.2 Å². The van der Waals surface area contributed by atoms with Crippen LogP contribution in [0.25, 0.3) is 0 Å². The molecule has 3 amide bonds. The Hall–Kier alpha value is -3.14. The molecule has 1 aliphatic heterocycles. The molecule has 9 nitrogen and oxygen atoms in total. The maximum Gasteiger partial charge on any atom is 0.269 e. The van der Waals surface area contributed by atoms with Crippen LogP contribution in [0.15, 0.2) is 12.1 Å². The minimum Gasteiger partial charge on any atom is -0.477 e. The SMILES string of the molecule is CC1CCc2c(sc(NC(=O)CN3C(=O)C(C)Oc4ccc(N)nc43)c2C(N)=O)C1. The molecule has 0 saturated heterocycles. The lowest BCUT2D eigenvalue weighted by Crippen LogP contribution is -2.48. The lowest BCUT2D eigenvalue weighted by atomic mass is 9.88. The third-order valence-electron chi connectivity index (χ3n) is 5.35. The number of amides is 3. The number of carbonyl (C=O) groups is 3. The number of hydrogen-bond acceptors (Lipinski definition) is 7. The lowest BCUT2D eigenvalue weighted by Gasteiger charge is -2.31. The monoisotopic (exact) mass is 429 g/mol. The van der Waals surface area contributed by atoms with Gasteiger partial charge < -0.3 is 21.5 Å². The number of primary amides is 1. The quantitative estimate of drug-likeness (QED) is 0.676. The molecule has 2 atom stereocenters. The number of aromatic nitrogens is 1. The van der Waals surface area contributed by atoms with Gasteiger partial charge in [-0.3, -0.25) is 19.3 Å². The molecule has 0 spiro atoms. The number of ether oxygens (including phenoxy) is 1.